The van der Waals surface area contributed by atoms with Gasteiger partial charge in [0.25, 0.3) is 5.91 Å². The predicted octanol–water partition coefficient (Wildman–Crippen LogP) is 4.40. The quantitative estimate of drug-likeness (QED) is 0.790. The molecule has 0 aliphatic rings. The standard InChI is InChI=1S/C18H20ClNO2/c1-3-20(4-2)18(21)14-9-7-10-16(12-14)22-13-15-8-5-6-11-17(15)19/h5-12H,3-4,13H2,1-2H3. The molecule has 2 aromatic carbocycles. The zero-order valence-corrected chi connectivity index (χ0v) is 13.6. The Morgan fingerprint density at radius 2 is 1.82 bits per heavy atom. The molecule has 1 amide bonds. The molecule has 0 unspecified atom stereocenters. The second-order valence-electron chi connectivity index (χ2n) is 4.89. The second kappa shape index (κ2) is 7.85. The molecule has 0 bridgehead atoms. The third-order valence-electron chi connectivity index (χ3n) is 3.48. The summed E-state index contributed by atoms with van der Waals surface area (Å²) in [6.07, 6.45) is 0. The molecular weight excluding hydrogens is 298 g/mol. The van der Waals surface area contributed by atoms with Crippen LogP contribution in [0.25, 0.3) is 0 Å². The van der Waals surface area contributed by atoms with E-state index in [0.29, 0.717) is 36.0 Å². The smallest absolute Gasteiger partial charge is 0.253 e. The summed E-state index contributed by atoms with van der Waals surface area (Å²) in [5, 5.41) is 0.679. The van der Waals surface area contributed by atoms with Crippen LogP contribution in [0.1, 0.15) is 29.8 Å². The van der Waals surface area contributed by atoms with E-state index in [1.54, 1.807) is 11.0 Å². The molecule has 0 radical (unpaired) electrons. The first-order valence-electron chi connectivity index (χ1n) is 7.41. The lowest BCUT2D eigenvalue weighted by Gasteiger charge is -2.19. The maximum Gasteiger partial charge on any atom is 0.253 e. The van der Waals surface area contributed by atoms with Crippen molar-refractivity contribution in [3.05, 3.63) is 64.7 Å². The number of nitrogens with zero attached hydrogens (tertiary/aromatic N) is 1. The highest BCUT2D eigenvalue weighted by molar-refractivity contribution is 6.31. The first-order valence-corrected chi connectivity index (χ1v) is 7.79. The number of hydrogen-bond acceptors (Lipinski definition) is 2. The van der Waals surface area contributed by atoms with Crippen LogP contribution in [0.3, 0.4) is 0 Å². The molecule has 0 N–H and O–H groups in total. The Bertz CT molecular complexity index is 638. The van der Waals surface area contributed by atoms with E-state index in [9.17, 15) is 4.79 Å². The molecule has 0 saturated heterocycles. The molecule has 116 valence electrons. The SMILES string of the molecule is CCN(CC)C(=O)c1cccc(OCc2ccccc2Cl)c1. The minimum atomic E-state index is 0.0215. The minimum Gasteiger partial charge on any atom is -0.489 e. The molecule has 0 saturated carbocycles. The average Bonchev–Trinajstić information content (AvgIpc) is 2.55. The number of amides is 1. The van der Waals surface area contributed by atoms with E-state index >= 15 is 0 Å². The third kappa shape index (κ3) is 4.01. The summed E-state index contributed by atoms with van der Waals surface area (Å²) in [7, 11) is 0. The van der Waals surface area contributed by atoms with Crippen molar-refractivity contribution in [1.82, 2.24) is 4.90 Å². The summed E-state index contributed by atoms with van der Waals surface area (Å²) in [4.78, 5) is 14.1. The van der Waals surface area contributed by atoms with Crippen molar-refractivity contribution in [2.45, 2.75) is 20.5 Å². The highest BCUT2D eigenvalue weighted by atomic mass is 35.5. The Labute approximate surface area is 136 Å². The summed E-state index contributed by atoms with van der Waals surface area (Å²) >= 11 is 6.11. The van der Waals surface area contributed by atoms with E-state index in [-0.39, 0.29) is 5.91 Å². The van der Waals surface area contributed by atoms with Crippen molar-refractivity contribution in [2.24, 2.45) is 0 Å². The number of hydrogen-bond donors (Lipinski definition) is 0. The van der Waals surface area contributed by atoms with Crippen LogP contribution in [-0.2, 0) is 6.61 Å². The van der Waals surface area contributed by atoms with Gasteiger partial charge in [-0.05, 0) is 38.1 Å². The Hall–Kier alpha value is -2.00. The molecule has 3 nitrogen and oxygen atoms in total. The molecule has 22 heavy (non-hydrogen) atoms. The fraction of sp³-hybridized carbons (Fsp3) is 0.278. The van der Waals surface area contributed by atoms with E-state index < -0.39 is 0 Å². The first kappa shape index (κ1) is 16.4. The van der Waals surface area contributed by atoms with E-state index in [0.717, 1.165) is 5.56 Å². The molecule has 2 rings (SSSR count). The summed E-state index contributed by atoms with van der Waals surface area (Å²) in [6, 6.07) is 14.8. The third-order valence-corrected chi connectivity index (χ3v) is 3.85. The van der Waals surface area contributed by atoms with Crippen molar-refractivity contribution < 1.29 is 9.53 Å². The van der Waals surface area contributed by atoms with Crippen LogP contribution in [0.4, 0.5) is 0 Å². The summed E-state index contributed by atoms with van der Waals surface area (Å²) < 4.78 is 5.76. The lowest BCUT2D eigenvalue weighted by molar-refractivity contribution is 0.0772. The molecule has 0 fully saturated rings. The summed E-state index contributed by atoms with van der Waals surface area (Å²) in [6.45, 7) is 5.71. The Kier molecular flexibility index (Phi) is 5.84. The molecule has 2 aromatic rings. The number of ether oxygens (including phenoxy) is 1. The normalized spacial score (nSPS) is 10.3. The second-order valence-corrected chi connectivity index (χ2v) is 5.29. The zero-order valence-electron chi connectivity index (χ0n) is 12.9. The van der Waals surface area contributed by atoms with Crippen LogP contribution in [0, 0.1) is 0 Å². The monoisotopic (exact) mass is 317 g/mol. The molecular formula is C18H20ClNO2. The number of benzene rings is 2. The van der Waals surface area contributed by atoms with Crippen LogP contribution >= 0.6 is 11.6 Å². The molecule has 0 atom stereocenters. The molecule has 0 spiro atoms. The molecule has 0 heterocycles. The van der Waals surface area contributed by atoms with Gasteiger partial charge in [0.1, 0.15) is 12.4 Å². The van der Waals surface area contributed by atoms with Crippen molar-refractivity contribution in [3.8, 4) is 5.75 Å². The Balaban J connectivity index is 2.09. The molecule has 4 heteroatoms. The van der Waals surface area contributed by atoms with Gasteiger partial charge in [-0.25, -0.2) is 0 Å². The molecule has 0 aliphatic heterocycles. The van der Waals surface area contributed by atoms with Crippen LogP contribution < -0.4 is 4.74 Å². The van der Waals surface area contributed by atoms with E-state index in [1.165, 1.54) is 0 Å². The van der Waals surface area contributed by atoms with Crippen molar-refractivity contribution >= 4 is 17.5 Å². The van der Waals surface area contributed by atoms with Gasteiger partial charge in [0.05, 0.1) is 0 Å². The maximum absolute atomic E-state index is 12.3. The van der Waals surface area contributed by atoms with Gasteiger partial charge in [0, 0.05) is 29.2 Å². The average molecular weight is 318 g/mol. The Morgan fingerprint density at radius 3 is 2.50 bits per heavy atom. The minimum absolute atomic E-state index is 0.0215. The first-order chi connectivity index (χ1) is 10.7. The number of carbonyl (C=O) groups excluding carboxylic acids is 1. The maximum atomic E-state index is 12.3. The molecule has 0 aliphatic carbocycles. The fourth-order valence-corrected chi connectivity index (χ4v) is 2.38. The van der Waals surface area contributed by atoms with Crippen LogP contribution in [0.2, 0.25) is 5.02 Å². The zero-order chi connectivity index (χ0) is 15.9. The number of carbonyl (C=O) groups is 1. The fourth-order valence-electron chi connectivity index (χ4n) is 2.19. The molecule has 0 aromatic heterocycles. The van der Waals surface area contributed by atoms with E-state index in [2.05, 4.69) is 0 Å². The van der Waals surface area contributed by atoms with Gasteiger partial charge in [-0.3, -0.25) is 4.79 Å². The van der Waals surface area contributed by atoms with Crippen molar-refractivity contribution in [2.75, 3.05) is 13.1 Å². The van der Waals surface area contributed by atoms with Crippen molar-refractivity contribution in [3.63, 3.8) is 0 Å². The van der Waals surface area contributed by atoms with Gasteiger partial charge < -0.3 is 9.64 Å². The van der Waals surface area contributed by atoms with Gasteiger partial charge in [-0.1, -0.05) is 35.9 Å². The number of halogens is 1. The van der Waals surface area contributed by atoms with Crippen molar-refractivity contribution in [1.29, 1.82) is 0 Å². The lowest BCUT2D eigenvalue weighted by atomic mass is 10.2. The van der Waals surface area contributed by atoms with Gasteiger partial charge in [-0.15, -0.1) is 0 Å². The highest BCUT2D eigenvalue weighted by Gasteiger charge is 2.13. The van der Waals surface area contributed by atoms with Crippen LogP contribution in [0.15, 0.2) is 48.5 Å². The van der Waals surface area contributed by atoms with Gasteiger partial charge in [0.15, 0.2) is 0 Å². The van der Waals surface area contributed by atoms with Crippen LogP contribution in [-0.4, -0.2) is 23.9 Å². The summed E-state index contributed by atoms with van der Waals surface area (Å²) in [5.74, 6) is 0.686. The number of rotatable bonds is 6. The van der Waals surface area contributed by atoms with Crippen LogP contribution in [0.5, 0.6) is 5.75 Å². The largest absolute Gasteiger partial charge is 0.489 e. The van der Waals surface area contributed by atoms with Gasteiger partial charge in [-0.2, -0.15) is 0 Å². The predicted molar refractivity (Wildman–Crippen MR) is 89.5 cm³/mol. The summed E-state index contributed by atoms with van der Waals surface area (Å²) in [5.41, 5.74) is 1.56. The Morgan fingerprint density at radius 1 is 1.09 bits per heavy atom. The highest BCUT2D eigenvalue weighted by Crippen LogP contribution is 2.20. The lowest BCUT2D eigenvalue weighted by Crippen LogP contribution is -2.30. The van der Waals surface area contributed by atoms with E-state index in [1.807, 2.05) is 56.3 Å². The van der Waals surface area contributed by atoms with Gasteiger partial charge >= 0.3 is 0 Å². The van der Waals surface area contributed by atoms with Gasteiger partial charge in [0.2, 0.25) is 0 Å². The topological polar surface area (TPSA) is 29.5 Å². The van der Waals surface area contributed by atoms with E-state index in [4.69, 9.17) is 16.3 Å².